The van der Waals surface area contributed by atoms with Gasteiger partial charge in [-0.05, 0) is 62.9 Å². The van der Waals surface area contributed by atoms with Crippen molar-refractivity contribution in [1.29, 1.82) is 0 Å². The molecule has 2 aromatic rings. The fraction of sp³-hybridized carbons (Fsp3) is 0.455. The van der Waals surface area contributed by atoms with E-state index in [1.165, 1.54) is 50.8 Å². The van der Waals surface area contributed by atoms with Crippen LogP contribution in [0.5, 0.6) is 5.75 Å². The average molecular weight is 404 g/mol. The van der Waals surface area contributed by atoms with Gasteiger partial charge in [0, 0.05) is 6.04 Å². The van der Waals surface area contributed by atoms with E-state index in [1.807, 2.05) is 30.3 Å². The molecule has 1 heterocycles. The van der Waals surface area contributed by atoms with Crippen molar-refractivity contribution in [2.45, 2.75) is 44.6 Å². The first-order valence-electron chi connectivity index (χ1n) is 9.37. The number of hydrogen-bond acceptors (Lipinski definition) is 2. The monoisotopic (exact) mass is 403 g/mol. The van der Waals surface area contributed by atoms with Crippen LogP contribution < -0.4 is 4.74 Å². The molecule has 3 heteroatoms. The summed E-state index contributed by atoms with van der Waals surface area (Å²) >= 11 is 0. The molecule has 2 aromatic carbocycles. The number of benzene rings is 2. The minimum atomic E-state index is 0. The lowest BCUT2D eigenvalue weighted by Crippen LogP contribution is -2.41. The Labute approximate surface area is 163 Å². The highest BCUT2D eigenvalue weighted by Crippen LogP contribution is 2.21. The SMILES string of the molecule is Br.c1ccc(CC2CCCCN2CCCCOc2ccccc2)cc1. The van der Waals surface area contributed by atoms with E-state index in [1.54, 1.807) is 0 Å². The largest absolute Gasteiger partial charge is 0.494 e. The zero-order chi connectivity index (χ0) is 16.5. The van der Waals surface area contributed by atoms with Crippen molar-refractivity contribution < 1.29 is 4.74 Å². The molecule has 1 fully saturated rings. The van der Waals surface area contributed by atoms with Gasteiger partial charge in [0.05, 0.1) is 6.61 Å². The number of hydrogen-bond donors (Lipinski definition) is 0. The molecule has 0 amide bonds. The molecule has 3 rings (SSSR count). The molecule has 1 atom stereocenters. The van der Waals surface area contributed by atoms with Crippen LogP contribution in [-0.4, -0.2) is 30.6 Å². The summed E-state index contributed by atoms with van der Waals surface area (Å²) in [5, 5.41) is 0. The molecule has 1 saturated heterocycles. The van der Waals surface area contributed by atoms with Gasteiger partial charge in [-0.15, -0.1) is 17.0 Å². The fourth-order valence-corrected chi connectivity index (χ4v) is 3.60. The van der Waals surface area contributed by atoms with Crippen LogP contribution in [0.4, 0.5) is 0 Å². The van der Waals surface area contributed by atoms with Crippen LogP contribution in [0.15, 0.2) is 60.7 Å². The van der Waals surface area contributed by atoms with Crippen LogP contribution in [0.25, 0.3) is 0 Å². The third-order valence-electron chi connectivity index (χ3n) is 4.91. The molecule has 1 unspecified atom stereocenters. The molecule has 136 valence electrons. The molecule has 0 aromatic heterocycles. The standard InChI is InChI=1S/C22H29NO.BrH/c1-3-11-20(12-4-1)19-21-13-7-8-16-23(21)17-9-10-18-24-22-14-5-2-6-15-22;/h1-6,11-12,14-15,21H,7-10,13,16-19H2;1H. The molecule has 0 bridgehead atoms. The Hall–Kier alpha value is -1.32. The number of piperidine rings is 1. The fourth-order valence-electron chi connectivity index (χ4n) is 3.60. The molecule has 0 spiro atoms. The molecule has 0 radical (unpaired) electrons. The van der Waals surface area contributed by atoms with E-state index in [2.05, 4.69) is 35.2 Å². The van der Waals surface area contributed by atoms with Crippen molar-refractivity contribution in [2.24, 2.45) is 0 Å². The summed E-state index contributed by atoms with van der Waals surface area (Å²) in [7, 11) is 0. The van der Waals surface area contributed by atoms with Gasteiger partial charge in [-0.1, -0.05) is 55.0 Å². The van der Waals surface area contributed by atoms with Gasteiger partial charge in [0.2, 0.25) is 0 Å². The Morgan fingerprint density at radius 1 is 0.880 bits per heavy atom. The van der Waals surface area contributed by atoms with Crippen LogP contribution in [0.1, 0.15) is 37.7 Å². The number of nitrogens with zero attached hydrogens (tertiary/aromatic N) is 1. The van der Waals surface area contributed by atoms with Crippen molar-refractivity contribution in [2.75, 3.05) is 19.7 Å². The van der Waals surface area contributed by atoms with Crippen LogP contribution in [0.3, 0.4) is 0 Å². The maximum Gasteiger partial charge on any atom is 0.119 e. The Bertz CT molecular complexity index is 575. The lowest BCUT2D eigenvalue weighted by Gasteiger charge is -2.36. The maximum absolute atomic E-state index is 5.80. The Morgan fingerprint density at radius 3 is 2.36 bits per heavy atom. The second-order valence-electron chi connectivity index (χ2n) is 6.74. The van der Waals surface area contributed by atoms with E-state index < -0.39 is 0 Å². The smallest absolute Gasteiger partial charge is 0.119 e. The van der Waals surface area contributed by atoms with Crippen molar-refractivity contribution >= 4 is 17.0 Å². The maximum atomic E-state index is 5.80. The van der Waals surface area contributed by atoms with E-state index in [0.717, 1.165) is 24.8 Å². The Balaban J connectivity index is 0.00000225. The molecule has 0 aliphatic carbocycles. The van der Waals surface area contributed by atoms with Crippen LogP contribution in [-0.2, 0) is 6.42 Å². The van der Waals surface area contributed by atoms with Gasteiger partial charge < -0.3 is 9.64 Å². The van der Waals surface area contributed by atoms with Crippen molar-refractivity contribution in [3.05, 3.63) is 66.2 Å². The molecule has 1 aliphatic rings. The molecule has 1 aliphatic heterocycles. The zero-order valence-electron chi connectivity index (χ0n) is 15.0. The van der Waals surface area contributed by atoms with Gasteiger partial charge in [0.1, 0.15) is 5.75 Å². The highest BCUT2D eigenvalue weighted by atomic mass is 79.9. The highest BCUT2D eigenvalue weighted by Gasteiger charge is 2.21. The first-order valence-corrected chi connectivity index (χ1v) is 9.37. The van der Waals surface area contributed by atoms with Gasteiger partial charge >= 0.3 is 0 Å². The lowest BCUT2D eigenvalue weighted by molar-refractivity contribution is 0.142. The van der Waals surface area contributed by atoms with Crippen LogP contribution >= 0.6 is 17.0 Å². The van der Waals surface area contributed by atoms with Crippen LogP contribution in [0, 0.1) is 0 Å². The third kappa shape index (κ3) is 6.83. The lowest BCUT2D eigenvalue weighted by atomic mass is 9.95. The predicted octanol–water partition coefficient (Wildman–Crippen LogP) is 5.52. The van der Waals surface area contributed by atoms with Crippen molar-refractivity contribution in [3.63, 3.8) is 0 Å². The number of para-hydroxylation sites is 1. The summed E-state index contributed by atoms with van der Waals surface area (Å²) in [6, 6.07) is 21.8. The topological polar surface area (TPSA) is 12.5 Å². The molecule has 25 heavy (non-hydrogen) atoms. The second kappa shape index (κ2) is 11.3. The zero-order valence-corrected chi connectivity index (χ0v) is 16.7. The summed E-state index contributed by atoms with van der Waals surface area (Å²) in [5.74, 6) is 0.984. The summed E-state index contributed by atoms with van der Waals surface area (Å²) in [6.07, 6.45) is 7.62. The van der Waals surface area contributed by atoms with Gasteiger partial charge in [-0.25, -0.2) is 0 Å². The Kier molecular flexibility index (Phi) is 9.06. The predicted molar refractivity (Wildman–Crippen MR) is 111 cm³/mol. The first kappa shape index (κ1) is 20.0. The summed E-state index contributed by atoms with van der Waals surface area (Å²) in [5.41, 5.74) is 1.47. The number of likely N-dealkylation sites (tertiary alicyclic amines) is 1. The van der Waals surface area contributed by atoms with Gasteiger partial charge in [-0.3, -0.25) is 0 Å². The summed E-state index contributed by atoms with van der Waals surface area (Å²) in [6.45, 7) is 3.29. The van der Waals surface area contributed by atoms with E-state index in [4.69, 9.17) is 4.74 Å². The molecular weight excluding hydrogens is 374 g/mol. The summed E-state index contributed by atoms with van der Waals surface area (Å²) < 4.78 is 5.80. The number of rotatable bonds is 8. The Morgan fingerprint density at radius 2 is 1.60 bits per heavy atom. The first-order chi connectivity index (χ1) is 11.9. The minimum absolute atomic E-state index is 0. The van der Waals surface area contributed by atoms with Crippen LogP contribution in [0.2, 0.25) is 0 Å². The van der Waals surface area contributed by atoms with E-state index in [9.17, 15) is 0 Å². The second-order valence-corrected chi connectivity index (χ2v) is 6.74. The minimum Gasteiger partial charge on any atom is -0.494 e. The van der Waals surface area contributed by atoms with E-state index in [0.29, 0.717) is 0 Å². The highest BCUT2D eigenvalue weighted by molar-refractivity contribution is 8.93. The summed E-state index contributed by atoms with van der Waals surface area (Å²) in [4.78, 5) is 2.71. The normalized spacial score (nSPS) is 17.7. The molecule has 2 nitrogen and oxygen atoms in total. The van der Waals surface area contributed by atoms with E-state index in [-0.39, 0.29) is 17.0 Å². The number of unbranched alkanes of at least 4 members (excludes halogenated alkanes) is 1. The van der Waals surface area contributed by atoms with Crippen molar-refractivity contribution in [1.82, 2.24) is 4.90 Å². The number of ether oxygens (including phenoxy) is 1. The molecule has 0 N–H and O–H groups in total. The van der Waals surface area contributed by atoms with Gasteiger partial charge in [0.15, 0.2) is 0 Å². The average Bonchev–Trinajstić information content (AvgIpc) is 2.64. The quantitative estimate of drug-likeness (QED) is 0.537. The van der Waals surface area contributed by atoms with E-state index >= 15 is 0 Å². The third-order valence-corrected chi connectivity index (χ3v) is 4.91. The van der Waals surface area contributed by atoms with Gasteiger partial charge in [0.25, 0.3) is 0 Å². The molecular formula is C22H30BrNO. The van der Waals surface area contributed by atoms with Crippen molar-refractivity contribution in [3.8, 4) is 5.75 Å². The molecule has 0 saturated carbocycles. The van der Waals surface area contributed by atoms with Gasteiger partial charge in [-0.2, -0.15) is 0 Å². The number of halogens is 1.